The number of nitrogens with zero attached hydrogens (tertiary/aromatic N) is 2. The highest BCUT2D eigenvalue weighted by Gasteiger charge is 2.61. The lowest BCUT2D eigenvalue weighted by atomic mass is 9.82. The van der Waals surface area contributed by atoms with Crippen LogP contribution in [0.2, 0.25) is 0 Å². The molecule has 0 unspecified atom stereocenters. The van der Waals surface area contributed by atoms with Gasteiger partial charge in [-0.05, 0) is 88.4 Å². The van der Waals surface area contributed by atoms with Crippen molar-refractivity contribution in [1.29, 1.82) is 0 Å². The number of carbonyl (C=O) groups is 2. The molecule has 0 saturated carbocycles. The molecule has 222 valence electrons. The highest BCUT2D eigenvalue weighted by molar-refractivity contribution is 5.99. The molecular formula is C30H31F3N4O5. The summed E-state index contributed by atoms with van der Waals surface area (Å²) in [5.41, 5.74) is -1.63. The molecule has 3 heterocycles. The predicted octanol–water partition coefficient (Wildman–Crippen LogP) is 4.06. The molecule has 2 aliphatic rings. The molecule has 3 aromatic rings. The lowest BCUT2D eigenvalue weighted by molar-refractivity contribution is -0.138. The zero-order valence-corrected chi connectivity index (χ0v) is 23.8. The standard InChI is InChI=1S/C30H31F3N4O5/c1-14-9-19(31)20(32)12-18(14)30-7-6-24(29(4,5)41)37(30)28(40)22(13-30)34-26(38)17-8-15(2)25(21(33)11-17)42-23-10-16(3)35-36-27(23)39/h8-12,22,24,41H,6-7,13H2,1-5H3,(H,34,38)(H,36,39)/t22-,24+,30+/m0/s1. The van der Waals surface area contributed by atoms with Gasteiger partial charge in [0.2, 0.25) is 5.91 Å². The van der Waals surface area contributed by atoms with E-state index >= 15 is 4.39 Å². The zero-order chi connectivity index (χ0) is 30.7. The second-order valence-corrected chi connectivity index (χ2v) is 11.7. The lowest BCUT2D eigenvalue weighted by Gasteiger charge is -2.40. The van der Waals surface area contributed by atoms with Crippen LogP contribution in [0, 0.1) is 38.2 Å². The minimum absolute atomic E-state index is 0.0445. The molecule has 0 spiro atoms. The van der Waals surface area contributed by atoms with Gasteiger partial charge in [-0.25, -0.2) is 18.3 Å². The predicted molar refractivity (Wildman–Crippen MR) is 146 cm³/mol. The highest BCUT2D eigenvalue weighted by Crippen LogP contribution is 2.53. The summed E-state index contributed by atoms with van der Waals surface area (Å²) in [6.07, 6.45) is 0.821. The van der Waals surface area contributed by atoms with E-state index in [2.05, 4.69) is 15.5 Å². The highest BCUT2D eigenvalue weighted by atomic mass is 19.2. The Labute approximate surface area is 239 Å². The van der Waals surface area contributed by atoms with Crippen LogP contribution in [0.1, 0.15) is 65.9 Å². The number of aryl methyl sites for hydroxylation is 3. The molecule has 3 atom stereocenters. The van der Waals surface area contributed by atoms with Gasteiger partial charge in [0.25, 0.3) is 5.91 Å². The van der Waals surface area contributed by atoms with E-state index in [1.165, 1.54) is 24.0 Å². The van der Waals surface area contributed by atoms with E-state index in [1.54, 1.807) is 27.7 Å². The number of aromatic amines is 1. The van der Waals surface area contributed by atoms with Gasteiger partial charge in [-0.15, -0.1) is 0 Å². The quantitative estimate of drug-likeness (QED) is 0.402. The third-order valence-electron chi connectivity index (χ3n) is 8.17. The molecule has 0 aliphatic carbocycles. The molecule has 12 heteroatoms. The van der Waals surface area contributed by atoms with Crippen LogP contribution in [0.3, 0.4) is 0 Å². The summed E-state index contributed by atoms with van der Waals surface area (Å²) < 4.78 is 49.1. The molecule has 42 heavy (non-hydrogen) atoms. The Morgan fingerprint density at radius 1 is 1.07 bits per heavy atom. The number of halogens is 3. The van der Waals surface area contributed by atoms with Gasteiger partial charge in [-0.1, -0.05) is 0 Å². The Kier molecular flexibility index (Phi) is 7.16. The van der Waals surface area contributed by atoms with Gasteiger partial charge in [0.05, 0.1) is 22.9 Å². The number of ether oxygens (including phenoxy) is 1. The van der Waals surface area contributed by atoms with Gasteiger partial charge in [0, 0.05) is 18.1 Å². The first-order chi connectivity index (χ1) is 19.6. The molecular weight excluding hydrogens is 553 g/mol. The SMILES string of the molecule is Cc1cc(Oc2c(C)cc(C(=O)N[C@H]3C[C@@]4(c5cc(F)c(F)cc5C)CC[C@H](C(C)(C)O)N4C3=O)cc2F)c(=O)[nH]n1. The van der Waals surface area contributed by atoms with Crippen molar-refractivity contribution in [2.24, 2.45) is 0 Å². The van der Waals surface area contributed by atoms with Crippen molar-refractivity contribution >= 4 is 11.8 Å². The van der Waals surface area contributed by atoms with Gasteiger partial charge in [0.1, 0.15) is 6.04 Å². The molecule has 3 N–H and O–H groups in total. The summed E-state index contributed by atoms with van der Waals surface area (Å²) in [6.45, 7) is 7.89. The number of aliphatic hydroxyl groups is 1. The van der Waals surface area contributed by atoms with Crippen LogP contribution in [-0.2, 0) is 10.3 Å². The molecule has 0 bridgehead atoms. The number of amides is 2. The first-order valence-electron chi connectivity index (χ1n) is 13.5. The van der Waals surface area contributed by atoms with Crippen LogP contribution in [-0.4, -0.2) is 49.7 Å². The third-order valence-corrected chi connectivity index (χ3v) is 8.17. The Morgan fingerprint density at radius 3 is 2.43 bits per heavy atom. The van der Waals surface area contributed by atoms with Gasteiger partial charge in [0.15, 0.2) is 29.0 Å². The Bertz CT molecular complexity index is 1640. The van der Waals surface area contributed by atoms with Gasteiger partial charge >= 0.3 is 5.56 Å². The second-order valence-electron chi connectivity index (χ2n) is 11.7. The Hall–Kier alpha value is -4.19. The number of hydrogen-bond acceptors (Lipinski definition) is 6. The van der Waals surface area contributed by atoms with Crippen molar-refractivity contribution < 1.29 is 32.6 Å². The lowest BCUT2D eigenvalue weighted by Crippen LogP contribution is -2.53. The molecule has 9 nitrogen and oxygen atoms in total. The normalized spacial score (nSPS) is 21.9. The summed E-state index contributed by atoms with van der Waals surface area (Å²) in [4.78, 5) is 40.6. The number of benzene rings is 2. The van der Waals surface area contributed by atoms with E-state index in [4.69, 9.17) is 4.74 Å². The van der Waals surface area contributed by atoms with Crippen LogP contribution in [0.15, 0.2) is 35.1 Å². The number of rotatable bonds is 6. The van der Waals surface area contributed by atoms with Crippen LogP contribution < -0.4 is 15.6 Å². The van der Waals surface area contributed by atoms with Gasteiger partial charge in [-0.2, -0.15) is 5.10 Å². The summed E-state index contributed by atoms with van der Waals surface area (Å²) in [5, 5.41) is 19.6. The van der Waals surface area contributed by atoms with Crippen molar-refractivity contribution in [3.63, 3.8) is 0 Å². The van der Waals surface area contributed by atoms with Crippen LogP contribution in [0.4, 0.5) is 13.2 Å². The van der Waals surface area contributed by atoms with E-state index in [0.717, 1.165) is 18.2 Å². The number of nitrogens with one attached hydrogen (secondary N) is 2. The van der Waals surface area contributed by atoms with Crippen LogP contribution in [0.25, 0.3) is 0 Å². The molecule has 2 aliphatic heterocycles. The summed E-state index contributed by atoms with van der Waals surface area (Å²) in [6, 6.07) is 4.09. The monoisotopic (exact) mass is 584 g/mol. The maximum Gasteiger partial charge on any atom is 0.307 e. The van der Waals surface area contributed by atoms with Gasteiger partial charge in [-0.3, -0.25) is 14.4 Å². The van der Waals surface area contributed by atoms with Crippen molar-refractivity contribution in [3.8, 4) is 11.5 Å². The fourth-order valence-corrected chi connectivity index (χ4v) is 6.29. The molecule has 1 aromatic heterocycles. The molecule has 2 aromatic carbocycles. The van der Waals surface area contributed by atoms with E-state index < -0.39 is 58.0 Å². The second kappa shape index (κ2) is 10.3. The smallest absolute Gasteiger partial charge is 0.307 e. The maximum atomic E-state index is 15.1. The first kappa shape index (κ1) is 29.3. The summed E-state index contributed by atoms with van der Waals surface area (Å²) in [7, 11) is 0. The van der Waals surface area contributed by atoms with E-state index in [-0.39, 0.29) is 29.0 Å². The molecule has 2 saturated heterocycles. The first-order valence-corrected chi connectivity index (χ1v) is 13.5. The number of fused-ring (bicyclic) bond motifs is 1. The number of H-pyrrole nitrogens is 1. The molecule has 0 radical (unpaired) electrons. The van der Waals surface area contributed by atoms with Crippen molar-refractivity contribution in [1.82, 2.24) is 20.4 Å². The van der Waals surface area contributed by atoms with Crippen molar-refractivity contribution in [3.05, 3.63) is 86.1 Å². The third kappa shape index (κ3) is 4.93. The zero-order valence-electron chi connectivity index (χ0n) is 23.8. The minimum atomic E-state index is -1.31. The average Bonchev–Trinajstić information content (AvgIpc) is 3.41. The minimum Gasteiger partial charge on any atom is -0.448 e. The molecule has 5 rings (SSSR count). The topological polar surface area (TPSA) is 125 Å². The fraction of sp³-hybridized carbons (Fsp3) is 0.400. The van der Waals surface area contributed by atoms with Crippen molar-refractivity contribution in [2.75, 3.05) is 0 Å². The van der Waals surface area contributed by atoms with Crippen molar-refractivity contribution in [2.45, 2.75) is 77.1 Å². The number of carbonyl (C=O) groups excluding carboxylic acids is 2. The Balaban J connectivity index is 1.45. The van der Waals surface area contributed by atoms with E-state index in [1.807, 2.05) is 0 Å². The van der Waals surface area contributed by atoms with Crippen LogP contribution in [0.5, 0.6) is 11.5 Å². The Morgan fingerprint density at radius 2 is 1.76 bits per heavy atom. The molecule has 2 fully saturated rings. The summed E-state index contributed by atoms with van der Waals surface area (Å²) >= 11 is 0. The number of aromatic nitrogens is 2. The van der Waals surface area contributed by atoms with Gasteiger partial charge < -0.3 is 20.1 Å². The average molecular weight is 585 g/mol. The molecule has 2 amide bonds. The largest absolute Gasteiger partial charge is 0.448 e. The van der Waals surface area contributed by atoms with E-state index in [0.29, 0.717) is 29.7 Å². The number of hydrogen-bond donors (Lipinski definition) is 3. The fourth-order valence-electron chi connectivity index (χ4n) is 6.29. The maximum absolute atomic E-state index is 15.1. The summed E-state index contributed by atoms with van der Waals surface area (Å²) in [5.74, 6) is -4.62. The van der Waals surface area contributed by atoms with Crippen LogP contribution >= 0.6 is 0 Å². The van der Waals surface area contributed by atoms with E-state index in [9.17, 15) is 28.3 Å².